The molecule has 0 aliphatic rings. The normalized spacial score (nSPS) is 11.2. The zero-order valence-electron chi connectivity index (χ0n) is 19.0. The number of pyridine rings is 1. The summed E-state index contributed by atoms with van der Waals surface area (Å²) in [5.74, 6) is 0.884. The summed E-state index contributed by atoms with van der Waals surface area (Å²) in [6, 6.07) is 26.7. The number of carbonyl (C=O) groups is 1. The summed E-state index contributed by atoms with van der Waals surface area (Å²) in [6.07, 6.45) is 1.17. The van der Waals surface area contributed by atoms with Gasteiger partial charge in [-0.1, -0.05) is 35.3 Å². The molecule has 4 nitrogen and oxygen atoms in total. The molecule has 3 aromatic carbocycles. The molecule has 0 aliphatic carbocycles. The van der Waals surface area contributed by atoms with Crippen LogP contribution in [0.3, 0.4) is 0 Å². The van der Waals surface area contributed by atoms with Crippen molar-refractivity contribution in [2.24, 2.45) is 0 Å². The SMILES string of the molecule is CC(=O)/C=C(/C)O.Cc1ccc2nc(-n3c4[c-]cccc4c4ccccc43)cc(C)c2c1.[Ir]. The number of carbonyl (C=O) groups excluding carboxylic acids is 1. The predicted molar refractivity (Wildman–Crippen MR) is 131 cm³/mol. The van der Waals surface area contributed by atoms with Crippen LogP contribution in [0.4, 0.5) is 0 Å². The van der Waals surface area contributed by atoms with Gasteiger partial charge in [0.05, 0.1) is 11.3 Å². The van der Waals surface area contributed by atoms with E-state index < -0.39 is 0 Å². The summed E-state index contributed by atoms with van der Waals surface area (Å²) >= 11 is 0. The van der Waals surface area contributed by atoms with Crippen molar-refractivity contribution in [2.45, 2.75) is 27.7 Å². The number of allylic oxidation sites excluding steroid dienone is 2. The second-order valence-electron chi connectivity index (χ2n) is 8.00. The van der Waals surface area contributed by atoms with Crippen LogP contribution < -0.4 is 0 Å². The minimum absolute atomic E-state index is 0. The van der Waals surface area contributed by atoms with Crippen LogP contribution in [0.5, 0.6) is 0 Å². The van der Waals surface area contributed by atoms with Crippen molar-refractivity contribution in [3.05, 3.63) is 95.8 Å². The number of aliphatic hydroxyl groups is 1. The molecule has 5 aromatic rings. The second-order valence-corrected chi connectivity index (χ2v) is 8.00. The Morgan fingerprint density at radius 2 is 1.70 bits per heavy atom. The van der Waals surface area contributed by atoms with Crippen LogP contribution in [-0.4, -0.2) is 20.4 Å². The van der Waals surface area contributed by atoms with Crippen molar-refractivity contribution in [1.82, 2.24) is 9.55 Å². The maximum absolute atomic E-state index is 10.0. The molecule has 5 rings (SSSR count). The average molecular weight is 614 g/mol. The van der Waals surface area contributed by atoms with Crippen molar-refractivity contribution >= 4 is 38.5 Å². The van der Waals surface area contributed by atoms with E-state index in [0.717, 1.165) is 16.9 Å². The minimum Gasteiger partial charge on any atom is -0.512 e. The summed E-state index contributed by atoms with van der Waals surface area (Å²) in [7, 11) is 0. The molecule has 2 aromatic heterocycles. The Hall–Kier alpha value is -3.27. The van der Waals surface area contributed by atoms with E-state index in [1.165, 1.54) is 52.7 Å². The fourth-order valence-electron chi connectivity index (χ4n) is 3.98. The summed E-state index contributed by atoms with van der Waals surface area (Å²) in [5, 5.41) is 12.0. The largest absolute Gasteiger partial charge is 0.512 e. The molecule has 0 amide bonds. The Balaban J connectivity index is 0.000000337. The quantitative estimate of drug-likeness (QED) is 0.136. The van der Waals surface area contributed by atoms with Gasteiger partial charge in [0.1, 0.15) is 5.82 Å². The monoisotopic (exact) mass is 614 g/mol. The molecule has 5 heteroatoms. The number of aromatic nitrogens is 2. The first kappa shape index (κ1) is 24.4. The van der Waals surface area contributed by atoms with E-state index in [9.17, 15) is 4.79 Å². The Morgan fingerprint density at radius 1 is 0.970 bits per heavy atom. The summed E-state index contributed by atoms with van der Waals surface area (Å²) in [6.45, 7) is 7.13. The fourth-order valence-corrected chi connectivity index (χ4v) is 3.98. The van der Waals surface area contributed by atoms with E-state index >= 15 is 0 Å². The number of nitrogens with zero attached hydrogens (tertiary/aromatic N) is 2. The van der Waals surface area contributed by atoms with Gasteiger partial charge in [-0.05, 0) is 62.9 Å². The van der Waals surface area contributed by atoms with Gasteiger partial charge in [-0.2, -0.15) is 24.3 Å². The van der Waals surface area contributed by atoms with Gasteiger partial charge in [-0.25, -0.2) is 4.98 Å². The molecule has 0 saturated carbocycles. The van der Waals surface area contributed by atoms with Gasteiger partial charge in [0.25, 0.3) is 0 Å². The van der Waals surface area contributed by atoms with E-state index in [1.54, 1.807) is 0 Å². The number of hydrogen-bond donors (Lipinski definition) is 1. The van der Waals surface area contributed by atoms with Crippen molar-refractivity contribution < 1.29 is 30.0 Å². The zero-order chi connectivity index (χ0) is 22.8. The number of hydrogen-bond acceptors (Lipinski definition) is 3. The summed E-state index contributed by atoms with van der Waals surface area (Å²) < 4.78 is 2.22. The van der Waals surface area contributed by atoms with Gasteiger partial charge < -0.3 is 9.67 Å². The Kier molecular flexibility index (Phi) is 7.47. The van der Waals surface area contributed by atoms with Crippen LogP contribution in [0.1, 0.15) is 25.0 Å². The third-order valence-corrected chi connectivity index (χ3v) is 5.29. The van der Waals surface area contributed by atoms with Gasteiger partial charge >= 0.3 is 0 Å². The minimum atomic E-state index is -0.125. The molecule has 169 valence electrons. The van der Waals surface area contributed by atoms with Crippen molar-refractivity contribution in [3.63, 3.8) is 0 Å². The number of para-hydroxylation sites is 2. The predicted octanol–water partition coefficient (Wildman–Crippen LogP) is 6.78. The second kappa shape index (κ2) is 10.1. The molecule has 2 heterocycles. The van der Waals surface area contributed by atoms with E-state index in [1.807, 2.05) is 12.1 Å². The number of benzene rings is 3. The van der Waals surface area contributed by atoms with Crippen LogP contribution in [0.15, 0.2) is 78.6 Å². The number of aliphatic hydroxyl groups excluding tert-OH is 1. The maximum Gasteiger partial charge on any atom is 0.155 e. The molecule has 0 saturated heterocycles. The van der Waals surface area contributed by atoms with Crippen LogP contribution in [-0.2, 0) is 24.9 Å². The Morgan fingerprint density at radius 3 is 2.39 bits per heavy atom. The molecule has 33 heavy (non-hydrogen) atoms. The van der Waals surface area contributed by atoms with Gasteiger partial charge in [0.15, 0.2) is 5.78 Å². The molecular formula is C28H25IrN2O2-. The van der Waals surface area contributed by atoms with Crippen molar-refractivity contribution in [2.75, 3.05) is 0 Å². The van der Waals surface area contributed by atoms with Crippen LogP contribution >= 0.6 is 0 Å². The van der Waals surface area contributed by atoms with Gasteiger partial charge in [-0.15, -0.1) is 5.39 Å². The van der Waals surface area contributed by atoms with Crippen LogP contribution in [0.2, 0.25) is 0 Å². The van der Waals surface area contributed by atoms with E-state index in [0.29, 0.717) is 0 Å². The van der Waals surface area contributed by atoms with E-state index in [4.69, 9.17) is 10.1 Å². The molecule has 0 unspecified atom stereocenters. The topological polar surface area (TPSA) is 55.1 Å². The first-order valence-electron chi connectivity index (χ1n) is 10.5. The number of rotatable bonds is 2. The van der Waals surface area contributed by atoms with Gasteiger partial charge in [-0.3, -0.25) is 4.79 Å². The molecule has 0 bridgehead atoms. The van der Waals surface area contributed by atoms with Crippen LogP contribution in [0, 0.1) is 19.9 Å². The Bertz CT molecular complexity index is 1440. The molecule has 0 fully saturated rings. The summed E-state index contributed by atoms with van der Waals surface area (Å²) in [5.41, 5.74) is 5.77. The maximum atomic E-state index is 10.0. The molecule has 0 aliphatic heterocycles. The number of aryl methyl sites for hydroxylation is 2. The smallest absolute Gasteiger partial charge is 0.155 e. The number of fused-ring (bicyclic) bond motifs is 4. The first-order valence-corrected chi connectivity index (χ1v) is 10.5. The fraction of sp³-hybridized carbons (Fsp3) is 0.143. The van der Waals surface area contributed by atoms with Crippen LogP contribution in [0.25, 0.3) is 38.5 Å². The van der Waals surface area contributed by atoms with E-state index in [2.05, 4.69) is 79.1 Å². The summed E-state index contributed by atoms with van der Waals surface area (Å²) in [4.78, 5) is 15.0. The molecular weight excluding hydrogens is 589 g/mol. The molecule has 0 spiro atoms. The third-order valence-electron chi connectivity index (χ3n) is 5.29. The zero-order valence-corrected chi connectivity index (χ0v) is 21.4. The molecule has 1 radical (unpaired) electrons. The average Bonchev–Trinajstić information content (AvgIpc) is 3.08. The number of ketones is 1. The van der Waals surface area contributed by atoms with Gasteiger partial charge in [0, 0.05) is 37.1 Å². The standard InChI is InChI=1S/C23H17N2.C5H8O2.Ir/c1-15-11-12-20-19(13-15)16(2)14-23(24-20)25-21-9-5-3-7-17(21)18-8-4-6-10-22(18)25;1-4(6)3-5(2)7;/h3-9,11-14H,1-2H3;3,6H,1-2H3;/q-1;;/b;4-3-;. The Labute approximate surface area is 206 Å². The van der Waals surface area contributed by atoms with Crippen molar-refractivity contribution in [3.8, 4) is 5.82 Å². The van der Waals surface area contributed by atoms with Gasteiger partial charge in [0.2, 0.25) is 0 Å². The van der Waals surface area contributed by atoms with Crippen molar-refractivity contribution in [1.29, 1.82) is 0 Å². The molecule has 1 N–H and O–H groups in total. The third kappa shape index (κ3) is 5.05. The first-order chi connectivity index (χ1) is 15.3. The van der Waals surface area contributed by atoms with E-state index in [-0.39, 0.29) is 31.6 Å². The molecule has 0 atom stereocenters.